The molecule has 2 unspecified atom stereocenters. The van der Waals surface area contributed by atoms with E-state index in [2.05, 4.69) is 10.3 Å². The van der Waals surface area contributed by atoms with E-state index >= 15 is 0 Å². The van der Waals surface area contributed by atoms with Crippen LogP contribution in [0.25, 0.3) is 10.9 Å². The fourth-order valence-corrected chi connectivity index (χ4v) is 3.38. The van der Waals surface area contributed by atoms with Crippen LogP contribution in [0.2, 0.25) is 0 Å². The van der Waals surface area contributed by atoms with Gasteiger partial charge in [0.15, 0.2) is 0 Å². The van der Waals surface area contributed by atoms with Gasteiger partial charge in [-0.05, 0) is 24.3 Å². The second-order valence-electron chi connectivity index (χ2n) is 4.53. The number of pyridine rings is 1. The summed E-state index contributed by atoms with van der Waals surface area (Å²) >= 11 is 1.71. The average Bonchev–Trinajstić information content (AvgIpc) is 2.47. The van der Waals surface area contributed by atoms with Crippen molar-refractivity contribution in [2.45, 2.75) is 17.8 Å². The van der Waals surface area contributed by atoms with E-state index in [-0.39, 0.29) is 5.37 Å². The lowest BCUT2D eigenvalue weighted by Gasteiger charge is -2.27. The maximum atomic E-state index is 11.1. The van der Waals surface area contributed by atoms with Gasteiger partial charge in [-0.15, -0.1) is 11.8 Å². The van der Waals surface area contributed by atoms with Crippen LogP contribution >= 0.6 is 11.8 Å². The molecule has 3 rings (SSSR count). The summed E-state index contributed by atoms with van der Waals surface area (Å²) in [5, 5.41) is 13.3. The number of fused-ring (bicyclic) bond motifs is 1. The first-order valence-corrected chi connectivity index (χ1v) is 7.25. The third-order valence-corrected chi connectivity index (χ3v) is 4.41. The van der Waals surface area contributed by atoms with Crippen molar-refractivity contribution in [2.75, 3.05) is 5.75 Å². The topological polar surface area (TPSA) is 62.2 Å². The van der Waals surface area contributed by atoms with Crippen molar-refractivity contribution in [3.8, 4) is 0 Å². The number of aliphatic carboxylic acids is 1. The molecular formula is C14H14N2O2S. The number of hydrogen-bond donors (Lipinski definition) is 2. The molecule has 1 saturated heterocycles. The van der Waals surface area contributed by atoms with Crippen molar-refractivity contribution in [3.05, 3.63) is 42.1 Å². The fourth-order valence-electron chi connectivity index (χ4n) is 2.21. The van der Waals surface area contributed by atoms with Crippen LogP contribution in [0.15, 0.2) is 36.4 Å². The molecule has 0 amide bonds. The number of para-hydroxylation sites is 1. The molecule has 1 aliphatic rings. The SMILES string of the molecule is O=C(O)C1CCSC(c2ccc3ccccc3n2)N1. The van der Waals surface area contributed by atoms with Crippen LogP contribution in [0.1, 0.15) is 17.5 Å². The zero-order valence-corrected chi connectivity index (χ0v) is 11.1. The van der Waals surface area contributed by atoms with E-state index in [0.29, 0.717) is 6.42 Å². The Morgan fingerprint density at radius 3 is 3.00 bits per heavy atom. The Morgan fingerprint density at radius 1 is 1.32 bits per heavy atom. The molecule has 98 valence electrons. The van der Waals surface area contributed by atoms with Crippen molar-refractivity contribution in [1.29, 1.82) is 0 Å². The van der Waals surface area contributed by atoms with Gasteiger partial charge in [0, 0.05) is 5.39 Å². The number of carboxylic acids is 1. The second-order valence-corrected chi connectivity index (χ2v) is 5.74. The van der Waals surface area contributed by atoms with Gasteiger partial charge in [-0.1, -0.05) is 24.3 Å². The lowest BCUT2D eigenvalue weighted by molar-refractivity contribution is -0.139. The predicted molar refractivity (Wildman–Crippen MR) is 76.1 cm³/mol. The molecule has 2 atom stereocenters. The molecule has 1 aliphatic heterocycles. The lowest BCUT2D eigenvalue weighted by atomic mass is 10.2. The summed E-state index contributed by atoms with van der Waals surface area (Å²) in [4.78, 5) is 15.7. The van der Waals surface area contributed by atoms with Crippen molar-refractivity contribution in [1.82, 2.24) is 10.3 Å². The minimum absolute atomic E-state index is 0.0422. The Kier molecular flexibility index (Phi) is 3.40. The molecule has 0 spiro atoms. The van der Waals surface area contributed by atoms with Crippen LogP contribution < -0.4 is 5.32 Å². The molecule has 1 fully saturated rings. The van der Waals surface area contributed by atoms with Crippen LogP contribution in [-0.2, 0) is 4.79 Å². The molecule has 2 heterocycles. The van der Waals surface area contributed by atoms with E-state index in [4.69, 9.17) is 5.11 Å². The Morgan fingerprint density at radius 2 is 2.16 bits per heavy atom. The highest BCUT2D eigenvalue weighted by molar-refractivity contribution is 7.99. The van der Waals surface area contributed by atoms with Gasteiger partial charge in [0.1, 0.15) is 6.04 Å². The van der Waals surface area contributed by atoms with Crippen molar-refractivity contribution < 1.29 is 9.90 Å². The first kappa shape index (κ1) is 12.4. The third-order valence-electron chi connectivity index (χ3n) is 3.23. The zero-order chi connectivity index (χ0) is 13.2. The molecule has 1 aromatic heterocycles. The number of carboxylic acid groups (broad SMARTS) is 1. The fraction of sp³-hybridized carbons (Fsp3) is 0.286. The number of thioether (sulfide) groups is 1. The number of benzene rings is 1. The molecule has 5 heteroatoms. The minimum Gasteiger partial charge on any atom is -0.480 e. The maximum absolute atomic E-state index is 11.1. The van der Waals surface area contributed by atoms with Gasteiger partial charge in [-0.3, -0.25) is 15.1 Å². The largest absolute Gasteiger partial charge is 0.480 e. The predicted octanol–water partition coefficient (Wildman–Crippen LogP) is 2.41. The summed E-state index contributed by atoms with van der Waals surface area (Å²) in [6, 6.07) is 11.5. The Balaban J connectivity index is 1.89. The van der Waals surface area contributed by atoms with E-state index in [1.807, 2.05) is 36.4 Å². The normalized spacial score (nSPS) is 23.4. The van der Waals surface area contributed by atoms with Crippen LogP contribution in [0.4, 0.5) is 0 Å². The number of rotatable bonds is 2. The van der Waals surface area contributed by atoms with E-state index in [1.165, 1.54) is 0 Å². The summed E-state index contributed by atoms with van der Waals surface area (Å²) in [5.41, 5.74) is 1.84. The summed E-state index contributed by atoms with van der Waals surface area (Å²) in [7, 11) is 0. The summed E-state index contributed by atoms with van der Waals surface area (Å²) in [6.07, 6.45) is 0.657. The first-order valence-electron chi connectivity index (χ1n) is 6.20. The third kappa shape index (κ3) is 2.57. The number of hydrogen-bond acceptors (Lipinski definition) is 4. The van der Waals surface area contributed by atoms with Crippen molar-refractivity contribution in [2.24, 2.45) is 0 Å². The number of carbonyl (C=O) groups is 1. The van der Waals surface area contributed by atoms with Crippen LogP contribution in [0.3, 0.4) is 0 Å². The standard InChI is InChI=1S/C14H14N2O2S/c17-14(18)12-7-8-19-13(16-12)11-6-5-9-3-1-2-4-10(9)15-11/h1-6,12-13,16H,7-8H2,(H,17,18). The molecule has 2 N–H and O–H groups in total. The summed E-state index contributed by atoms with van der Waals surface area (Å²) in [5.74, 6) is 0.0504. The quantitative estimate of drug-likeness (QED) is 0.880. The highest BCUT2D eigenvalue weighted by Crippen LogP contribution is 2.31. The first-order chi connectivity index (χ1) is 9.24. The highest BCUT2D eigenvalue weighted by Gasteiger charge is 2.28. The summed E-state index contributed by atoms with van der Waals surface area (Å²) < 4.78 is 0. The zero-order valence-electron chi connectivity index (χ0n) is 10.2. The molecule has 0 bridgehead atoms. The van der Waals surface area contributed by atoms with Gasteiger partial charge < -0.3 is 5.11 Å². The molecular weight excluding hydrogens is 260 g/mol. The second kappa shape index (κ2) is 5.19. The van der Waals surface area contributed by atoms with Crippen LogP contribution in [0, 0.1) is 0 Å². The van der Waals surface area contributed by atoms with Crippen LogP contribution in [-0.4, -0.2) is 27.9 Å². The van der Waals surface area contributed by atoms with Crippen molar-refractivity contribution >= 4 is 28.6 Å². The van der Waals surface area contributed by atoms with E-state index in [9.17, 15) is 4.79 Å². The number of nitrogens with one attached hydrogen (secondary N) is 1. The van der Waals surface area contributed by atoms with E-state index in [0.717, 1.165) is 22.3 Å². The number of nitrogens with zero attached hydrogens (tertiary/aromatic N) is 1. The van der Waals surface area contributed by atoms with Gasteiger partial charge in [-0.2, -0.15) is 0 Å². The average molecular weight is 274 g/mol. The molecule has 19 heavy (non-hydrogen) atoms. The molecule has 0 saturated carbocycles. The van der Waals surface area contributed by atoms with Crippen molar-refractivity contribution in [3.63, 3.8) is 0 Å². The van der Waals surface area contributed by atoms with E-state index in [1.54, 1.807) is 11.8 Å². The monoisotopic (exact) mass is 274 g/mol. The van der Waals surface area contributed by atoms with Crippen LogP contribution in [0.5, 0.6) is 0 Å². The van der Waals surface area contributed by atoms with Gasteiger partial charge in [-0.25, -0.2) is 0 Å². The molecule has 0 radical (unpaired) electrons. The minimum atomic E-state index is -0.786. The van der Waals surface area contributed by atoms with Gasteiger partial charge >= 0.3 is 5.97 Å². The number of aromatic nitrogens is 1. The maximum Gasteiger partial charge on any atom is 0.320 e. The van der Waals surface area contributed by atoms with Gasteiger partial charge in [0.25, 0.3) is 0 Å². The lowest BCUT2D eigenvalue weighted by Crippen LogP contribution is -2.42. The highest BCUT2D eigenvalue weighted by atomic mass is 32.2. The molecule has 0 aliphatic carbocycles. The Labute approximate surface area is 115 Å². The Bertz CT molecular complexity index is 617. The van der Waals surface area contributed by atoms with Gasteiger partial charge in [0.05, 0.1) is 16.6 Å². The molecule has 2 aromatic rings. The van der Waals surface area contributed by atoms with E-state index < -0.39 is 12.0 Å². The smallest absolute Gasteiger partial charge is 0.320 e. The van der Waals surface area contributed by atoms with Gasteiger partial charge in [0.2, 0.25) is 0 Å². The molecule has 4 nitrogen and oxygen atoms in total. The Hall–Kier alpha value is -1.59. The molecule has 1 aromatic carbocycles. The summed E-state index contributed by atoms with van der Waals surface area (Å²) in [6.45, 7) is 0.